The molecular weight excluding hydrogens is 360 g/mol. The monoisotopic (exact) mass is 386 g/mol. The minimum absolute atomic E-state index is 0.212. The van der Waals surface area contributed by atoms with Crippen molar-refractivity contribution in [2.45, 2.75) is 13.8 Å². The lowest BCUT2D eigenvalue weighted by Crippen LogP contribution is -2.27. The Kier molecular flexibility index (Phi) is 7.26. The molecular formula is C21H26N2O5. The van der Waals surface area contributed by atoms with Gasteiger partial charge < -0.3 is 24.8 Å². The van der Waals surface area contributed by atoms with Crippen LogP contribution in [0.5, 0.6) is 17.2 Å². The molecule has 0 aliphatic carbocycles. The topological polar surface area (TPSA) is 85.9 Å². The van der Waals surface area contributed by atoms with E-state index in [1.807, 2.05) is 13.8 Å². The molecule has 0 saturated heterocycles. The summed E-state index contributed by atoms with van der Waals surface area (Å²) in [6.45, 7) is 4.60. The van der Waals surface area contributed by atoms with Crippen LogP contribution in [0.25, 0.3) is 0 Å². The molecule has 0 aliphatic heterocycles. The Balaban J connectivity index is 2.21. The van der Waals surface area contributed by atoms with Crippen molar-refractivity contribution in [2.24, 2.45) is 5.92 Å². The van der Waals surface area contributed by atoms with E-state index in [2.05, 4.69) is 10.6 Å². The molecule has 0 fully saturated rings. The third-order valence-electron chi connectivity index (χ3n) is 3.98. The predicted octanol–water partition coefficient (Wildman–Crippen LogP) is 3.35. The Morgan fingerprint density at radius 2 is 1.46 bits per heavy atom. The minimum Gasteiger partial charge on any atom is -0.493 e. The zero-order chi connectivity index (χ0) is 20.7. The second kappa shape index (κ2) is 9.64. The zero-order valence-corrected chi connectivity index (χ0v) is 16.8. The molecule has 0 spiro atoms. The van der Waals surface area contributed by atoms with Gasteiger partial charge in [0.15, 0.2) is 11.5 Å². The second-order valence-electron chi connectivity index (χ2n) is 6.55. The molecule has 7 nitrogen and oxygen atoms in total. The molecule has 0 radical (unpaired) electrons. The maximum absolute atomic E-state index is 12.7. The van der Waals surface area contributed by atoms with Gasteiger partial charge in [-0.15, -0.1) is 0 Å². The molecule has 0 heterocycles. The van der Waals surface area contributed by atoms with Crippen molar-refractivity contribution in [1.29, 1.82) is 0 Å². The van der Waals surface area contributed by atoms with E-state index in [-0.39, 0.29) is 11.8 Å². The highest BCUT2D eigenvalue weighted by molar-refractivity contribution is 6.06. The van der Waals surface area contributed by atoms with Crippen LogP contribution < -0.4 is 24.8 Å². The van der Waals surface area contributed by atoms with Gasteiger partial charge in [-0.1, -0.05) is 19.9 Å². The SMILES string of the molecule is COc1cc(NC(=O)c2cccc(C(=O)NCC(C)C)c2)cc(OC)c1OC. The molecule has 0 unspecified atom stereocenters. The van der Waals surface area contributed by atoms with Crippen LogP contribution >= 0.6 is 0 Å². The number of rotatable bonds is 8. The van der Waals surface area contributed by atoms with Gasteiger partial charge in [0.25, 0.3) is 11.8 Å². The van der Waals surface area contributed by atoms with Crippen molar-refractivity contribution < 1.29 is 23.8 Å². The lowest BCUT2D eigenvalue weighted by atomic mass is 10.1. The standard InChI is InChI=1S/C21H26N2O5/c1-13(2)12-22-20(24)14-7-6-8-15(9-14)21(25)23-16-10-17(26-3)19(28-5)18(11-16)27-4/h6-11,13H,12H2,1-5H3,(H,22,24)(H,23,25). The van der Waals surface area contributed by atoms with Crippen molar-refractivity contribution >= 4 is 17.5 Å². The molecule has 28 heavy (non-hydrogen) atoms. The number of carbonyl (C=O) groups excluding carboxylic acids is 2. The molecule has 2 aromatic rings. The molecule has 0 aliphatic rings. The van der Waals surface area contributed by atoms with Gasteiger partial charge in [-0.25, -0.2) is 0 Å². The number of hydrogen-bond donors (Lipinski definition) is 2. The first-order valence-electron chi connectivity index (χ1n) is 8.89. The first-order chi connectivity index (χ1) is 13.4. The number of benzene rings is 2. The average Bonchev–Trinajstić information content (AvgIpc) is 2.71. The van der Waals surface area contributed by atoms with Crippen LogP contribution in [0.3, 0.4) is 0 Å². The van der Waals surface area contributed by atoms with Gasteiger partial charge >= 0.3 is 0 Å². The van der Waals surface area contributed by atoms with E-state index >= 15 is 0 Å². The maximum Gasteiger partial charge on any atom is 0.255 e. The lowest BCUT2D eigenvalue weighted by Gasteiger charge is -2.15. The van der Waals surface area contributed by atoms with Crippen molar-refractivity contribution in [3.8, 4) is 17.2 Å². The first kappa shape index (κ1) is 21.1. The van der Waals surface area contributed by atoms with Crippen molar-refractivity contribution in [1.82, 2.24) is 5.32 Å². The van der Waals surface area contributed by atoms with Crippen LogP contribution in [0.15, 0.2) is 36.4 Å². The summed E-state index contributed by atoms with van der Waals surface area (Å²) in [7, 11) is 4.51. The summed E-state index contributed by atoms with van der Waals surface area (Å²) in [5, 5.41) is 5.63. The van der Waals surface area contributed by atoms with Gasteiger partial charge in [0.05, 0.1) is 21.3 Å². The number of anilines is 1. The van der Waals surface area contributed by atoms with E-state index in [0.717, 1.165) is 0 Å². The van der Waals surface area contributed by atoms with E-state index < -0.39 is 0 Å². The number of nitrogens with one attached hydrogen (secondary N) is 2. The quantitative estimate of drug-likeness (QED) is 0.727. The summed E-state index contributed by atoms with van der Waals surface area (Å²) in [5.41, 5.74) is 1.28. The normalized spacial score (nSPS) is 10.4. The van der Waals surface area contributed by atoms with Crippen molar-refractivity contribution in [3.63, 3.8) is 0 Å². The van der Waals surface area contributed by atoms with Crippen LogP contribution in [0.1, 0.15) is 34.6 Å². The first-order valence-corrected chi connectivity index (χ1v) is 8.89. The van der Waals surface area contributed by atoms with E-state index in [1.54, 1.807) is 36.4 Å². The lowest BCUT2D eigenvalue weighted by molar-refractivity contribution is 0.0949. The predicted molar refractivity (Wildman–Crippen MR) is 108 cm³/mol. The Labute approximate surface area is 165 Å². The van der Waals surface area contributed by atoms with Gasteiger partial charge in [0.2, 0.25) is 5.75 Å². The molecule has 7 heteroatoms. The van der Waals surface area contributed by atoms with E-state index in [9.17, 15) is 9.59 Å². The minimum atomic E-state index is -0.354. The van der Waals surface area contributed by atoms with Gasteiger partial charge in [0, 0.05) is 35.5 Å². The third-order valence-corrected chi connectivity index (χ3v) is 3.98. The Bertz CT molecular complexity index is 823. The van der Waals surface area contributed by atoms with Crippen LogP contribution in [-0.2, 0) is 0 Å². The number of carbonyl (C=O) groups is 2. The summed E-state index contributed by atoms with van der Waals surface area (Å²) in [6, 6.07) is 9.83. The fraction of sp³-hybridized carbons (Fsp3) is 0.333. The van der Waals surface area contributed by atoms with Gasteiger partial charge in [0.1, 0.15) is 0 Å². The number of ether oxygens (including phenoxy) is 3. The fourth-order valence-electron chi connectivity index (χ4n) is 2.56. The molecule has 0 aromatic heterocycles. The Morgan fingerprint density at radius 3 is 1.96 bits per heavy atom. The van der Waals surface area contributed by atoms with Gasteiger partial charge in [-0.2, -0.15) is 0 Å². The highest BCUT2D eigenvalue weighted by Crippen LogP contribution is 2.40. The van der Waals surface area contributed by atoms with E-state index in [0.29, 0.717) is 46.5 Å². The second-order valence-corrected chi connectivity index (χ2v) is 6.55. The molecule has 0 saturated carbocycles. The summed E-state index contributed by atoms with van der Waals surface area (Å²) in [4.78, 5) is 24.9. The molecule has 2 N–H and O–H groups in total. The summed E-state index contributed by atoms with van der Waals surface area (Å²) in [6.07, 6.45) is 0. The van der Waals surface area contributed by atoms with E-state index in [4.69, 9.17) is 14.2 Å². The van der Waals surface area contributed by atoms with Gasteiger partial charge in [-0.3, -0.25) is 9.59 Å². The van der Waals surface area contributed by atoms with Crippen LogP contribution in [0.2, 0.25) is 0 Å². The average molecular weight is 386 g/mol. The highest BCUT2D eigenvalue weighted by Gasteiger charge is 2.16. The maximum atomic E-state index is 12.7. The highest BCUT2D eigenvalue weighted by atomic mass is 16.5. The smallest absolute Gasteiger partial charge is 0.255 e. The fourth-order valence-corrected chi connectivity index (χ4v) is 2.56. The number of amides is 2. The summed E-state index contributed by atoms with van der Waals surface area (Å²) in [5.74, 6) is 1.07. The molecule has 2 amide bonds. The zero-order valence-electron chi connectivity index (χ0n) is 16.8. The molecule has 2 aromatic carbocycles. The van der Waals surface area contributed by atoms with E-state index in [1.165, 1.54) is 21.3 Å². The summed E-state index contributed by atoms with van der Waals surface area (Å²) >= 11 is 0. The number of methoxy groups -OCH3 is 3. The molecule has 0 bridgehead atoms. The Hall–Kier alpha value is -3.22. The molecule has 150 valence electrons. The van der Waals surface area contributed by atoms with Crippen LogP contribution in [0.4, 0.5) is 5.69 Å². The van der Waals surface area contributed by atoms with Gasteiger partial charge in [-0.05, 0) is 24.1 Å². The Morgan fingerprint density at radius 1 is 0.893 bits per heavy atom. The summed E-state index contributed by atoms with van der Waals surface area (Å²) < 4.78 is 15.9. The number of hydrogen-bond acceptors (Lipinski definition) is 5. The largest absolute Gasteiger partial charge is 0.493 e. The van der Waals surface area contributed by atoms with Crippen LogP contribution in [0, 0.1) is 5.92 Å². The molecule has 2 rings (SSSR count). The third kappa shape index (κ3) is 5.16. The van der Waals surface area contributed by atoms with Crippen LogP contribution in [-0.4, -0.2) is 39.7 Å². The van der Waals surface area contributed by atoms with Crippen molar-refractivity contribution in [2.75, 3.05) is 33.2 Å². The molecule has 0 atom stereocenters. The van der Waals surface area contributed by atoms with Crippen molar-refractivity contribution in [3.05, 3.63) is 47.5 Å².